The number of quaternary nitrogens is 1. The van der Waals surface area contributed by atoms with Crippen LogP contribution in [-0.4, -0.2) is 82.3 Å². The van der Waals surface area contributed by atoms with Gasteiger partial charge in [0.25, 0.3) is 0 Å². The molecule has 0 rings (SSSR count). The van der Waals surface area contributed by atoms with Gasteiger partial charge in [-0.25, -0.2) is 0 Å². The summed E-state index contributed by atoms with van der Waals surface area (Å²) in [6.07, 6.45) is 96.4. The highest BCUT2D eigenvalue weighted by Crippen LogP contribution is 2.20. The number of hydrogen-bond donors (Lipinski definition) is 0. The van der Waals surface area contributed by atoms with Crippen molar-refractivity contribution in [1.82, 2.24) is 0 Å². The number of nitrogens with zero attached hydrogens (tertiary/aromatic N) is 1. The van der Waals surface area contributed by atoms with Gasteiger partial charge in [-0.3, -0.25) is 9.59 Å². The van der Waals surface area contributed by atoms with Gasteiger partial charge in [-0.1, -0.05) is 389 Å². The molecule has 0 heterocycles. The molecule has 0 saturated heterocycles. The van der Waals surface area contributed by atoms with Crippen LogP contribution in [0.25, 0.3) is 0 Å². The first-order valence-corrected chi connectivity index (χ1v) is 40.4. The third-order valence-electron chi connectivity index (χ3n) is 18.3. The first-order chi connectivity index (χ1) is 45.6. The Labute approximate surface area is 577 Å². The third kappa shape index (κ3) is 76.2. The number of ether oxygens (including phenoxy) is 4. The Morgan fingerprint density at radius 1 is 0.333 bits per heavy atom. The van der Waals surface area contributed by atoms with Gasteiger partial charge in [0, 0.05) is 12.8 Å². The number of rotatable bonds is 76. The average molecular weight is 1310 g/mol. The van der Waals surface area contributed by atoms with Crippen LogP contribution in [0.4, 0.5) is 0 Å². The van der Waals surface area contributed by atoms with Gasteiger partial charge < -0.3 is 33.3 Å². The second-order valence-electron chi connectivity index (χ2n) is 28.7. The van der Waals surface area contributed by atoms with Crippen LogP contribution in [0, 0.1) is 0 Å². The fourth-order valence-electron chi connectivity index (χ4n) is 12.2. The first-order valence-electron chi connectivity index (χ1n) is 40.4. The number of esters is 2. The van der Waals surface area contributed by atoms with Gasteiger partial charge >= 0.3 is 11.9 Å². The zero-order valence-electron chi connectivity index (χ0n) is 62.4. The van der Waals surface area contributed by atoms with Gasteiger partial charge in [-0.2, -0.15) is 0 Å². The largest absolute Gasteiger partial charge is 0.545 e. The van der Waals surface area contributed by atoms with Crippen molar-refractivity contribution in [1.29, 1.82) is 0 Å². The minimum Gasteiger partial charge on any atom is -0.545 e. The standard InChI is InChI=1S/C84H155NO8/c1-6-8-10-12-14-16-18-20-22-24-26-28-30-32-34-36-38-40-41-43-44-46-48-50-52-54-56-58-60-62-64-66-68-70-72-74-81(86)91-78-80(79-92-84(83(88)89)90-77-76-85(3,4)5)93-82(87)75-73-71-69-67-65-63-61-59-57-55-53-51-49-47-45-42-39-37-35-33-31-29-27-25-23-21-19-17-15-13-11-9-7-2/h9,11,15,17,21,23,27,29,33,35,80,84H,6-8,10,12-14,16,18-20,22,24-26,28,30-32,34,36-79H2,1-5H3/b11-9-,17-15-,23-21-,29-27-,35-33-. The van der Waals surface area contributed by atoms with Crippen molar-refractivity contribution in [3.05, 3.63) is 60.8 Å². The van der Waals surface area contributed by atoms with E-state index in [1.54, 1.807) is 0 Å². The minimum atomic E-state index is -1.62. The molecule has 0 aliphatic heterocycles. The number of carboxylic acids is 1. The zero-order chi connectivity index (χ0) is 67.5. The predicted molar refractivity (Wildman–Crippen MR) is 399 cm³/mol. The van der Waals surface area contributed by atoms with Gasteiger partial charge in [0.05, 0.1) is 40.3 Å². The molecule has 0 fully saturated rings. The molecule has 2 unspecified atom stereocenters. The lowest BCUT2D eigenvalue weighted by Crippen LogP contribution is -2.44. The number of allylic oxidation sites excluding steroid dienone is 10. The summed E-state index contributed by atoms with van der Waals surface area (Å²) >= 11 is 0. The van der Waals surface area contributed by atoms with E-state index in [2.05, 4.69) is 74.6 Å². The highest BCUT2D eigenvalue weighted by molar-refractivity contribution is 5.70. The zero-order valence-corrected chi connectivity index (χ0v) is 62.4. The first kappa shape index (κ1) is 90.0. The SMILES string of the molecule is CC/C=C\C/C=C\C/C=C\C/C=C\C/C=C\CCCCCCCCCCCCCCCCCCCC(=O)OC(COC(=O)CCCCCCCCCCCCCCCCCCCCCCCCCCCCCCCCCCCCC)COC(OCC[N+](C)(C)C)C(=O)[O-]. The summed E-state index contributed by atoms with van der Waals surface area (Å²) in [5.41, 5.74) is 0. The molecule has 0 N–H and O–H groups in total. The van der Waals surface area contributed by atoms with E-state index in [1.165, 1.54) is 302 Å². The van der Waals surface area contributed by atoms with Gasteiger partial charge in [0.15, 0.2) is 12.4 Å². The normalized spacial score (nSPS) is 12.9. The molecular formula is C84H155NO8. The molecule has 0 aromatic rings. The number of likely N-dealkylation sites (N-methyl/N-ethyl adjacent to an activating group) is 1. The molecule has 0 spiro atoms. The number of hydrogen-bond acceptors (Lipinski definition) is 8. The topological polar surface area (TPSA) is 111 Å². The Kier molecular flexibility index (Phi) is 72.4. The summed E-state index contributed by atoms with van der Waals surface area (Å²) in [6.45, 7) is 4.71. The lowest BCUT2D eigenvalue weighted by molar-refractivity contribution is -0.870. The summed E-state index contributed by atoms with van der Waals surface area (Å²) < 4.78 is 22.9. The average Bonchev–Trinajstić information content (AvgIpc) is 3.74. The quantitative estimate of drug-likeness (QED) is 0.0195. The number of aliphatic carboxylic acids is 1. The summed E-state index contributed by atoms with van der Waals surface area (Å²) in [5, 5.41) is 11.9. The minimum absolute atomic E-state index is 0.149. The molecule has 0 bridgehead atoms. The number of carbonyl (C=O) groups is 3. The van der Waals surface area contributed by atoms with Gasteiger partial charge in [-0.15, -0.1) is 0 Å². The van der Waals surface area contributed by atoms with E-state index in [1.807, 2.05) is 21.1 Å². The molecule has 0 aromatic carbocycles. The van der Waals surface area contributed by atoms with Gasteiger partial charge in [0.1, 0.15) is 13.2 Å². The fourth-order valence-corrected chi connectivity index (χ4v) is 12.2. The molecule has 0 aliphatic carbocycles. The Morgan fingerprint density at radius 3 is 0.914 bits per heavy atom. The maximum Gasteiger partial charge on any atom is 0.306 e. The van der Waals surface area contributed by atoms with E-state index in [0.717, 1.165) is 64.2 Å². The third-order valence-corrected chi connectivity index (χ3v) is 18.3. The second kappa shape index (κ2) is 74.8. The molecule has 0 aromatic heterocycles. The van der Waals surface area contributed by atoms with E-state index in [0.29, 0.717) is 23.9 Å². The van der Waals surface area contributed by atoms with Crippen LogP contribution in [0.15, 0.2) is 60.8 Å². The van der Waals surface area contributed by atoms with Crippen molar-refractivity contribution in [2.75, 3.05) is 47.5 Å². The fraction of sp³-hybridized carbons (Fsp3) is 0.845. The highest BCUT2D eigenvalue weighted by atomic mass is 16.7. The van der Waals surface area contributed by atoms with Crippen LogP contribution in [0.3, 0.4) is 0 Å². The lowest BCUT2D eigenvalue weighted by atomic mass is 10.0. The molecule has 544 valence electrons. The van der Waals surface area contributed by atoms with Crippen molar-refractivity contribution in [3.8, 4) is 0 Å². The predicted octanol–water partition coefficient (Wildman–Crippen LogP) is 24.5. The number of carboxylic acid groups (broad SMARTS) is 1. The van der Waals surface area contributed by atoms with Crippen molar-refractivity contribution >= 4 is 17.9 Å². The summed E-state index contributed by atoms with van der Waals surface area (Å²) in [6, 6.07) is 0. The van der Waals surface area contributed by atoms with Gasteiger partial charge in [-0.05, 0) is 57.8 Å². The van der Waals surface area contributed by atoms with E-state index in [9.17, 15) is 19.5 Å². The summed E-state index contributed by atoms with van der Waals surface area (Å²) in [7, 11) is 5.95. The Hall–Kier alpha value is -3.01. The van der Waals surface area contributed by atoms with Crippen LogP contribution in [0.5, 0.6) is 0 Å². The Bertz CT molecular complexity index is 1710. The van der Waals surface area contributed by atoms with Crippen LogP contribution in [-0.2, 0) is 33.3 Å². The molecule has 93 heavy (non-hydrogen) atoms. The van der Waals surface area contributed by atoms with E-state index >= 15 is 0 Å². The summed E-state index contributed by atoms with van der Waals surface area (Å²) in [4.78, 5) is 37.6. The molecule has 9 nitrogen and oxygen atoms in total. The smallest absolute Gasteiger partial charge is 0.306 e. The molecule has 0 aliphatic rings. The molecule has 9 heteroatoms. The summed E-state index contributed by atoms with van der Waals surface area (Å²) in [5.74, 6) is -2.25. The van der Waals surface area contributed by atoms with Crippen molar-refractivity contribution in [2.24, 2.45) is 0 Å². The van der Waals surface area contributed by atoms with Crippen LogP contribution < -0.4 is 5.11 Å². The Morgan fingerprint density at radius 2 is 0.613 bits per heavy atom. The monoisotopic (exact) mass is 1310 g/mol. The molecule has 2 atom stereocenters. The number of carbonyl (C=O) groups excluding carboxylic acids is 3. The molecule has 0 amide bonds. The van der Waals surface area contributed by atoms with Crippen LogP contribution in [0.2, 0.25) is 0 Å². The maximum absolute atomic E-state index is 13.0. The van der Waals surface area contributed by atoms with Gasteiger partial charge in [0.2, 0.25) is 0 Å². The van der Waals surface area contributed by atoms with E-state index in [-0.39, 0.29) is 32.2 Å². The van der Waals surface area contributed by atoms with Crippen molar-refractivity contribution in [3.63, 3.8) is 0 Å². The molecule has 0 saturated carbocycles. The molecule has 0 radical (unpaired) electrons. The van der Waals surface area contributed by atoms with E-state index in [4.69, 9.17) is 18.9 Å². The lowest BCUT2D eigenvalue weighted by Gasteiger charge is -2.26. The van der Waals surface area contributed by atoms with Crippen molar-refractivity contribution < 1.29 is 42.9 Å². The molecular weight excluding hydrogens is 1150 g/mol. The van der Waals surface area contributed by atoms with E-state index < -0.39 is 24.3 Å². The second-order valence-corrected chi connectivity index (χ2v) is 28.7. The van der Waals surface area contributed by atoms with Crippen LogP contribution in [0.1, 0.15) is 399 Å². The number of unbranched alkanes of at least 4 members (excludes halogenated alkanes) is 51. The Balaban J connectivity index is 3.97. The maximum atomic E-state index is 13.0. The highest BCUT2D eigenvalue weighted by Gasteiger charge is 2.22. The van der Waals surface area contributed by atoms with Crippen molar-refractivity contribution in [2.45, 2.75) is 411 Å². The van der Waals surface area contributed by atoms with Crippen LogP contribution >= 0.6 is 0 Å².